The number of nitrogens with two attached hydrogens (primary N) is 5. The number of carbonyl (C=O) groups excluding carboxylic acids is 6. The normalized spacial score (nSPS) is 16.0. The van der Waals surface area contributed by atoms with E-state index in [1.807, 2.05) is 0 Å². The zero-order chi connectivity index (χ0) is 44.9. The van der Waals surface area contributed by atoms with E-state index in [-0.39, 0.29) is 58.3 Å². The number of aliphatic hydroxyl groups excluding tert-OH is 1. The molecule has 6 amide bonds. The number of benzene rings is 1. The number of amides is 6. The molecule has 1 rings (SSSR count). The molecule has 9 atom stereocenters. The minimum absolute atomic E-state index is 0.0647. The zero-order valence-corrected chi connectivity index (χ0v) is 33.7. The van der Waals surface area contributed by atoms with Gasteiger partial charge >= 0.3 is 5.97 Å². The van der Waals surface area contributed by atoms with Gasteiger partial charge in [-0.2, -0.15) is 8.42 Å². The second-order valence-electron chi connectivity index (χ2n) is 13.5. The molecule has 24 nitrogen and oxygen atoms in total. The molecule has 19 N–H and O–H groups in total. The Morgan fingerprint density at radius 3 is 1.47 bits per heavy atom. The van der Waals surface area contributed by atoms with E-state index in [2.05, 4.69) is 31.9 Å². The number of aliphatic hydroxyl groups is 1. The quantitative estimate of drug-likeness (QED) is 0.0348. The fourth-order valence-electron chi connectivity index (χ4n) is 5.34. The number of hydrogen-bond donors (Lipinski definition) is 14. The highest BCUT2D eigenvalue weighted by Gasteiger charge is 2.36. The third-order valence-corrected chi connectivity index (χ3v) is 9.00. The predicted molar refractivity (Wildman–Crippen MR) is 211 cm³/mol. The molecule has 1 aromatic carbocycles. The molecule has 0 saturated carbocycles. The summed E-state index contributed by atoms with van der Waals surface area (Å²) in [4.78, 5) is 92.1. The molecule has 1 aromatic rings. The van der Waals surface area contributed by atoms with Crippen molar-refractivity contribution in [1.29, 1.82) is 0 Å². The van der Waals surface area contributed by atoms with Crippen LogP contribution in [0.4, 0.5) is 0 Å². The van der Waals surface area contributed by atoms with E-state index in [1.165, 1.54) is 6.92 Å². The van der Waals surface area contributed by atoms with E-state index in [0.29, 0.717) is 5.56 Å². The van der Waals surface area contributed by atoms with Crippen LogP contribution in [0.3, 0.4) is 0 Å². The molecule has 0 aliphatic carbocycles. The molecule has 25 heteroatoms. The topological polar surface area (TPSA) is 426 Å². The fraction of sp³-hybridized carbons (Fsp3) is 0.618. The maximum atomic E-state index is 14.0. The summed E-state index contributed by atoms with van der Waals surface area (Å²) in [6.07, 6.45) is -3.69. The summed E-state index contributed by atoms with van der Waals surface area (Å²) in [7, 11) is -4.77. The Labute approximate surface area is 341 Å². The van der Waals surface area contributed by atoms with Crippen LogP contribution in [-0.2, 0) is 54.8 Å². The smallest absolute Gasteiger partial charge is 0.328 e. The van der Waals surface area contributed by atoms with Crippen molar-refractivity contribution in [2.75, 3.05) is 32.1 Å². The van der Waals surface area contributed by atoms with Crippen LogP contribution in [0, 0.1) is 0 Å². The van der Waals surface area contributed by atoms with Crippen LogP contribution in [0.1, 0.15) is 45.1 Å². The summed E-state index contributed by atoms with van der Waals surface area (Å²) >= 11 is 0. The van der Waals surface area contributed by atoms with Gasteiger partial charge in [0, 0.05) is 6.42 Å². The van der Waals surface area contributed by atoms with Crippen molar-refractivity contribution in [1.82, 2.24) is 31.9 Å². The lowest BCUT2D eigenvalue weighted by Crippen LogP contribution is -2.62. The fourth-order valence-corrected chi connectivity index (χ4v) is 5.73. The number of ether oxygens (including phenoxy) is 1. The molecule has 59 heavy (non-hydrogen) atoms. The van der Waals surface area contributed by atoms with Gasteiger partial charge in [0.2, 0.25) is 35.4 Å². The molecule has 0 aliphatic rings. The maximum Gasteiger partial charge on any atom is 0.328 e. The van der Waals surface area contributed by atoms with Crippen molar-refractivity contribution in [3.63, 3.8) is 0 Å². The predicted octanol–water partition coefficient (Wildman–Crippen LogP) is -6.42. The average Bonchev–Trinajstić information content (AvgIpc) is 3.16. The van der Waals surface area contributed by atoms with Gasteiger partial charge in [-0.1, -0.05) is 30.3 Å². The Hall–Kier alpha value is -4.86. The van der Waals surface area contributed by atoms with Crippen LogP contribution in [0.25, 0.3) is 0 Å². The van der Waals surface area contributed by atoms with E-state index < -0.39 is 112 Å². The molecule has 334 valence electrons. The van der Waals surface area contributed by atoms with E-state index in [0.717, 1.165) is 6.92 Å². The lowest BCUT2D eigenvalue weighted by Gasteiger charge is -2.30. The van der Waals surface area contributed by atoms with Gasteiger partial charge < -0.3 is 75.5 Å². The largest absolute Gasteiger partial charge is 0.480 e. The standard InChI is InChI=1S/C34H59N11O13S/c1-18(46)26(34(53)54)44-31(50)24(11-15-38)41-29(48)23(10-14-37)42-33(52)27(19(2)58-17-59(55,56)57)45-32(51)25(16-20-6-4-3-5-7-20)43-30(49)22(9-13-36)40-28(47)21(39)8-12-35/h3-7,18-19,21-27,46H,8-17,35-39H2,1-2H3,(H,40,47)(H,41,48)(H,42,52)(H,43,49)(H,44,50)(H,45,51)(H,53,54)(H,55,56,57)/t18-,19-,21+,22+,23+,24+,25-,26+,27+/m1/s1. The van der Waals surface area contributed by atoms with Crippen molar-refractivity contribution in [2.24, 2.45) is 28.7 Å². The lowest BCUT2D eigenvalue weighted by molar-refractivity contribution is -0.145. The van der Waals surface area contributed by atoms with Gasteiger partial charge in [-0.25, -0.2) is 4.79 Å². The molecule has 0 spiro atoms. The number of nitrogens with one attached hydrogen (secondary N) is 6. The molecule has 0 radical (unpaired) electrons. The number of carboxylic acid groups (broad SMARTS) is 1. The minimum Gasteiger partial charge on any atom is -0.480 e. The number of aliphatic carboxylic acids is 1. The van der Waals surface area contributed by atoms with Gasteiger partial charge in [0.15, 0.2) is 12.0 Å². The highest BCUT2D eigenvalue weighted by atomic mass is 32.2. The second kappa shape index (κ2) is 26.3. The number of carbonyl (C=O) groups is 7. The molecular weight excluding hydrogens is 803 g/mol. The molecule has 0 saturated heterocycles. The summed E-state index contributed by atoms with van der Waals surface area (Å²) in [6, 6.07) is -2.06. The Balaban J connectivity index is 3.51. The Kier molecular flexibility index (Phi) is 23.2. The number of rotatable bonds is 28. The Bertz CT molecular complexity index is 1660. The monoisotopic (exact) mass is 861 g/mol. The van der Waals surface area contributed by atoms with Crippen LogP contribution in [0.15, 0.2) is 30.3 Å². The maximum absolute atomic E-state index is 14.0. The van der Waals surface area contributed by atoms with Crippen molar-refractivity contribution in [3.05, 3.63) is 35.9 Å². The first kappa shape index (κ1) is 52.2. The molecule has 0 fully saturated rings. The van der Waals surface area contributed by atoms with Gasteiger partial charge in [-0.05, 0) is 71.3 Å². The summed E-state index contributed by atoms with van der Waals surface area (Å²) in [5, 5.41) is 33.4. The molecule has 0 unspecified atom stereocenters. The highest BCUT2D eigenvalue weighted by molar-refractivity contribution is 7.85. The second-order valence-corrected chi connectivity index (χ2v) is 14.9. The van der Waals surface area contributed by atoms with Crippen LogP contribution in [-0.4, -0.2) is 151 Å². The number of hydrogen-bond acceptors (Lipinski definition) is 16. The van der Waals surface area contributed by atoms with Gasteiger partial charge in [-0.3, -0.25) is 33.3 Å². The molecule has 0 aromatic heterocycles. The highest BCUT2D eigenvalue weighted by Crippen LogP contribution is 2.09. The zero-order valence-electron chi connectivity index (χ0n) is 32.9. The molecule has 0 bridgehead atoms. The third-order valence-electron chi connectivity index (χ3n) is 8.57. The van der Waals surface area contributed by atoms with Gasteiger partial charge in [0.25, 0.3) is 10.1 Å². The Morgan fingerprint density at radius 1 is 0.627 bits per heavy atom. The van der Waals surface area contributed by atoms with Gasteiger partial charge in [0.1, 0.15) is 30.2 Å². The van der Waals surface area contributed by atoms with Crippen molar-refractivity contribution >= 4 is 51.5 Å². The lowest BCUT2D eigenvalue weighted by atomic mass is 10.0. The van der Waals surface area contributed by atoms with Gasteiger partial charge in [0.05, 0.1) is 18.2 Å². The first-order valence-corrected chi connectivity index (χ1v) is 20.2. The summed E-state index contributed by atoms with van der Waals surface area (Å²) in [5.74, 6) is -8.64. The summed E-state index contributed by atoms with van der Waals surface area (Å²) in [6.45, 7) is 1.92. The van der Waals surface area contributed by atoms with E-state index >= 15 is 0 Å². The SMILES string of the molecule is C[C@@H](O)[C@H](NC(=O)[C@H](CCN)NC(=O)[C@H](CCN)NC(=O)[C@@H](NC(=O)[C@@H](Cc1ccccc1)NC(=O)[C@H](CCN)NC(=O)[C@@H](N)CCN)[C@@H](C)OCS(=O)(=O)O)C(=O)O. The van der Waals surface area contributed by atoms with Crippen molar-refractivity contribution < 1.29 is 61.5 Å². The molecular formula is C34H59N11O13S. The van der Waals surface area contributed by atoms with Crippen LogP contribution in [0.5, 0.6) is 0 Å². The first-order chi connectivity index (χ1) is 27.7. The van der Waals surface area contributed by atoms with Crippen molar-refractivity contribution in [2.45, 2.75) is 100 Å². The van der Waals surface area contributed by atoms with E-state index in [4.69, 9.17) is 33.4 Å². The first-order valence-electron chi connectivity index (χ1n) is 18.6. The van der Waals surface area contributed by atoms with E-state index in [9.17, 15) is 56.7 Å². The number of carboxylic acids is 1. The average molecular weight is 862 g/mol. The van der Waals surface area contributed by atoms with Crippen LogP contribution in [0.2, 0.25) is 0 Å². The Morgan fingerprint density at radius 2 is 1.03 bits per heavy atom. The van der Waals surface area contributed by atoms with Crippen LogP contribution < -0.4 is 60.6 Å². The molecule has 0 aliphatic heterocycles. The molecule has 0 heterocycles. The van der Waals surface area contributed by atoms with Crippen LogP contribution >= 0.6 is 0 Å². The minimum atomic E-state index is -4.77. The summed E-state index contributed by atoms with van der Waals surface area (Å²) in [5.41, 5.74) is 28.9. The third kappa shape index (κ3) is 19.2. The van der Waals surface area contributed by atoms with E-state index in [1.54, 1.807) is 30.3 Å². The summed E-state index contributed by atoms with van der Waals surface area (Å²) < 4.78 is 37.6. The van der Waals surface area contributed by atoms with Gasteiger partial charge in [-0.15, -0.1) is 0 Å². The van der Waals surface area contributed by atoms with Crippen molar-refractivity contribution in [3.8, 4) is 0 Å².